The van der Waals surface area contributed by atoms with Gasteiger partial charge in [-0.3, -0.25) is 9.69 Å². The molecule has 0 atom stereocenters. The number of benzene rings is 1. The first-order valence-electron chi connectivity index (χ1n) is 6.99. The van der Waals surface area contributed by atoms with Crippen LogP contribution in [0.4, 0.5) is 0 Å². The maximum atomic E-state index is 11.3. The lowest BCUT2D eigenvalue weighted by Crippen LogP contribution is -2.35. The predicted molar refractivity (Wildman–Crippen MR) is 74.5 cm³/mol. The maximum absolute atomic E-state index is 11.3. The van der Waals surface area contributed by atoms with Crippen LogP contribution in [0.1, 0.15) is 37.8 Å². The van der Waals surface area contributed by atoms with E-state index in [1.54, 1.807) is 6.92 Å². The molecule has 0 bridgehead atoms. The largest absolute Gasteiger partial charge is 0.300 e. The summed E-state index contributed by atoms with van der Waals surface area (Å²) in [6.45, 7) is 7.04. The molecule has 18 heavy (non-hydrogen) atoms. The number of nitrogens with zero attached hydrogens (tertiary/aromatic N) is 1. The second-order valence-electron chi connectivity index (χ2n) is 5.33. The molecule has 0 amide bonds. The predicted octanol–water partition coefficient (Wildman–Crippen LogP) is 3.05. The molecular formula is C16H23NO. The zero-order valence-corrected chi connectivity index (χ0v) is 11.5. The molecule has 2 heteroatoms. The second-order valence-corrected chi connectivity index (χ2v) is 5.33. The first-order valence-corrected chi connectivity index (χ1v) is 6.99. The highest BCUT2D eigenvalue weighted by molar-refractivity contribution is 5.78. The van der Waals surface area contributed by atoms with Gasteiger partial charge in [-0.15, -0.1) is 0 Å². The summed E-state index contributed by atoms with van der Waals surface area (Å²) in [5.74, 6) is 0.672. The fourth-order valence-electron chi connectivity index (χ4n) is 2.64. The summed E-state index contributed by atoms with van der Waals surface area (Å²) in [5.41, 5.74) is 2.78. The van der Waals surface area contributed by atoms with E-state index < -0.39 is 0 Å². The van der Waals surface area contributed by atoms with Crippen molar-refractivity contribution in [3.05, 3.63) is 35.4 Å². The number of piperidine rings is 1. The highest BCUT2D eigenvalue weighted by Gasteiger charge is 2.21. The number of ketones is 1. The lowest BCUT2D eigenvalue weighted by molar-refractivity contribution is -0.122. The molecule has 1 fully saturated rings. The summed E-state index contributed by atoms with van der Waals surface area (Å²) in [5, 5.41) is 0. The van der Waals surface area contributed by atoms with Gasteiger partial charge in [-0.1, -0.05) is 31.2 Å². The van der Waals surface area contributed by atoms with Crippen LogP contribution in [0, 0.1) is 5.92 Å². The molecule has 1 saturated heterocycles. The Morgan fingerprint density at radius 1 is 1.17 bits per heavy atom. The van der Waals surface area contributed by atoms with E-state index in [4.69, 9.17) is 0 Å². The average Bonchev–Trinajstić information content (AvgIpc) is 2.40. The zero-order chi connectivity index (χ0) is 13.0. The van der Waals surface area contributed by atoms with Crippen molar-refractivity contribution in [1.29, 1.82) is 0 Å². The van der Waals surface area contributed by atoms with Crippen LogP contribution in [0.2, 0.25) is 0 Å². The first-order chi connectivity index (χ1) is 8.69. The number of rotatable bonds is 4. The van der Waals surface area contributed by atoms with Crippen molar-refractivity contribution in [2.45, 2.75) is 39.7 Å². The third kappa shape index (κ3) is 3.42. The van der Waals surface area contributed by atoms with Crippen LogP contribution in [-0.2, 0) is 17.8 Å². The molecule has 98 valence electrons. The van der Waals surface area contributed by atoms with Crippen molar-refractivity contribution in [1.82, 2.24) is 4.90 Å². The molecule has 1 aliphatic heterocycles. The first kappa shape index (κ1) is 13.3. The van der Waals surface area contributed by atoms with Crippen LogP contribution < -0.4 is 0 Å². The normalized spacial score (nSPS) is 17.9. The van der Waals surface area contributed by atoms with E-state index in [0.29, 0.717) is 11.7 Å². The third-order valence-corrected chi connectivity index (χ3v) is 4.00. The van der Waals surface area contributed by atoms with Crippen molar-refractivity contribution >= 4 is 5.78 Å². The smallest absolute Gasteiger partial charge is 0.133 e. The molecule has 0 radical (unpaired) electrons. The van der Waals surface area contributed by atoms with Gasteiger partial charge in [0.05, 0.1) is 0 Å². The number of Topliss-reactive ketones (excluding diaryl/α,β-unsaturated/α-hetero) is 1. The maximum Gasteiger partial charge on any atom is 0.133 e. The van der Waals surface area contributed by atoms with Gasteiger partial charge in [0.2, 0.25) is 0 Å². The molecule has 1 aromatic rings. The van der Waals surface area contributed by atoms with E-state index in [0.717, 1.165) is 38.9 Å². The van der Waals surface area contributed by atoms with E-state index >= 15 is 0 Å². The molecule has 1 aromatic carbocycles. The molecular weight excluding hydrogens is 222 g/mol. The molecule has 0 aromatic heterocycles. The Balaban J connectivity index is 1.85. The average molecular weight is 245 g/mol. The monoisotopic (exact) mass is 245 g/mol. The summed E-state index contributed by atoms with van der Waals surface area (Å²) in [7, 11) is 0. The molecule has 0 unspecified atom stereocenters. The lowest BCUT2D eigenvalue weighted by atomic mass is 9.93. The van der Waals surface area contributed by atoms with E-state index in [1.165, 1.54) is 11.1 Å². The fourth-order valence-corrected chi connectivity index (χ4v) is 2.64. The van der Waals surface area contributed by atoms with Gasteiger partial charge in [0, 0.05) is 12.5 Å². The van der Waals surface area contributed by atoms with Crippen LogP contribution in [0.3, 0.4) is 0 Å². The molecule has 1 aliphatic rings. The Morgan fingerprint density at radius 2 is 1.72 bits per heavy atom. The summed E-state index contributed by atoms with van der Waals surface area (Å²) < 4.78 is 0. The number of likely N-dealkylation sites (tertiary alicyclic amines) is 1. The Labute approximate surface area is 110 Å². The van der Waals surface area contributed by atoms with Crippen molar-refractivity contribution in [2.75, 3.05) is 13.1 Å². The summed E-state index contributed by atoms with van der Waals surface area (Å²) >= 11 is 0. The Morgan fingerprint density at radius 3 is 2.22 bits per heavy atom. The minimum absolute atomic E-state index is 0.309. The minimum atomic E-state index is 0.309. The Hall–Kier alpha value is -1.15. The molecule has 0 aliphatic carbocycles. The van der Waals surface area contributed by atoms with Crippen LogP contribution >= 0.6 is 0 Å². The van der Waals surface area contributed by atoms with Crippen molar-refractivity contribution in [2.24, 2.45) is 5.92 Å². The molecule has 1 heterocycles. The van der Waals surface area contributed by atoms with Gasteiger partial charge in [0.1, 0.15) is 5.78 Å². The van der Waals surface area contributed by atoms with E-state index in [-0.39, 0.29) is 0 Å². The fraction of sp³-hybridized carbons (Fsp3) is 0.562. The zero-order valence-electron chi connectivity index (χ0n) is 11.5. The number of hydrogen-bond donors (Lipinski definition) is 0. The van der Waals surface area contributed by atoms with Gasteiger partial charge < -0.3 is 0 Å². The van der Waals surface area contributed by atoms with E-state index in [1.807, 2.05) is 0 Å². The topological polar surface area (TPSA) is 20.3 Å². The minimum Gasteiger partial charge on any atom is -0.300 e. The molecule has 0 spiro atoms. The summed E-state index contributed by atoms with van der Waals surface area (Å²) in [6, 6.07) is 8.90. The highest BCUT2D eigenvalue weighted by Crippen LogP contribution is 2.19. The number of carbonyl (C=O) groups excluding carboxylic acids is 1. The third-order valence-electron chi connectivity index (χ3n) is 4.00. The molecule has 2 nitrogen and oxygen atoms in total. The van der Waals surface area contributed by atoms with Gasteiger partial charge in [-0.2, -0.15) is 0 Å². The molecule has 0 N–H and O–H groups in total. The van der Waals surface area contributed by atoms with E-state index in [9.17, 15) is 4.79 Å². The summed E-state index contributed by atoms with van der Waals surface area (Å²) in [6.07, 6.45) is 3.16. The number of aryl methyl sites for hydroxylation is 1. The van der Waals surface area contributed by atoms with Gasteiger partial charge in [0.25, 0.3) is 0 Å². The standard InChI is InChI=1S/C16H23NO/c1-3-14-4-6-15(7-5-14)12-17-10-8-16(9-11-17)13(2)18/h4-7,16H,3,8-12H2,1-2H3. The van der Waals surface area contributed by atoms with Crippen molar-refractivity contribution in [3.63, 3.8) is 0 Å². The van der Waals surface area contributed by atoms with Gasteiger partial charge in [-0.25, -0.2) is 0 Å². The quantitative estimate of drug-likeness (QED) is 0.812. The van der Waals surface area contributed by atoms with Crippen LogP contribution in [0.25, 0.3) is 0 Å². The molecule has 0 saturated carbocycles. The Kier molecular flexibility index (Phi) is 4.54. The Bertz CT molecular complexity index is 388. The van der Waals surface area contributed by atoms with Gasteiger partial charge in [-0.05, 0) is 50.4 Å². The summed E-state index contributed by atoms with van der Waals surface area (Å²) in [4.78, 5) is 13.8. The van der Waals surface area contributed by atoms with E-state index in [2.05, 4.69) is 36.1 Å². The highest BCUT2D eigenvalue weighted by atomic mass is 16.1. The second kappa shape index (κ2) is 6.14. The van der Waals surface area contributed by atoms with Gasteiger partial charge in [0.15, 0.2) is 0 Å². The van der Waals surface area contributed by atoms with Gasteiger partial charge >= 0.3 is 0 Å². The number of hydrogen-bond acceptors (Lipinski definition) is 2. The van der Waals surface area contributed by atoms with Crippen molar-refractivity contribution < 1.29 is 4.79 Å². The van der Waals surface area contributed by atoms with Crippen LogP contribution in [-0.4, -0.2) is 23.8 Å². The SMILES string of the molecule is CCc1ccc(CN2CCC(C(C)=O)CC2)cc1. The number of carbonyl (C=O) groups is 1. The van der Waals surface area contributed by atoms with Crippen molar-refractivity contribution in [3.8, 4) is 0 Å². The van der Waals surface area contributed by atoms with Crippen LogP contribution in [0.15, 0.2) is 24.3 Å². The molecule has 2 rings (SSSR count). The van der Waals surface area contributed by atoms with Crippen LogP contribution in [0.5, 0.6) is 0 Å². The lowest BCUT2D eigenvalue weighted by Gasteiger charge is -2.30.